The number of thioether (sulfide) groups is 2. The molecule has 1 atom stereocenters. The van der Waals surface area contributed by atoms with E-state index in [0.29, 0.717) is 13.1 Å². The van der Waals surface area contributed by atoms with Crippen LogP contribution in [0.25, 0.3) is 0 Å². The first kappa shape index (κ1) is 15.0. The molecule has 1 rings (SSSR count). The minimum Gasteiger partial charge on any atom is -0.464 e. The van der Waals surface area contributed by atoms with Gasteiger partial charge in [-0.2, -0.15) is 23.5 Å². The van der Waals surface area contributed by atoms with Gasteiger partial charge in [0, 0.05) is 12.3 Å². The zero-order valence-electron chi connectivity index (χ0n) is 10.7. The normalized spacial score (nSPS) is 14.8. The molecule has 0 fully saturated rings. The third-order valence-corrected chi connectivity index (χ3v) is 3.75. The maximum Gasteiger partial charge on any atom is 0.118 e. The lowest BCUT2D eigenvalue weighted by Crippen LogP contribution is -2.39. The fourth-order valence-corrected chi connectivity index (χ4v) is 2.72. The van der Waals surface area contributed by atoms with Gasteiger partial charge in [0.2, 0.25) is 0 Å². The molecule has 0 aliphatic carbocycles. The maximum atomic E-state index is 9.96. The van der Waals surface area contributed by atoms with Crippen LogP contribution in [0.2, 0.25) is 0 Å². The van der Waals surface area contributed by atoms with Crippen LogP contribution >= 0.6 is 23.5 Å². The monoisotopic (exact) mass is 275 g/mol. The van der Waals surface area contributed by atoms with Crippen molar-refractivity contribution in [3.05, 3.63) is 23.7 Å². The summed E-state index contributed by atoms with van der Waals surface area (Å²) in [4.78, 5) is 0. The molecular formula is C12H21NO2S2. The van der Waals surface area contributed by atoms with Crippen LogP contribution < -0.4 is 5.32 Å². The Labute approximate surface area is 112 Å². The third-order valence-electron chi connectivity index (χ3n) is 2.26. The van der Waals surface area contributed by atoms with Crippen molar-refractivity contribution in [3.8, 4) is 0 Å². The molecule has 3 nitrogen and oxygen atoms in total. The molecule has 0 radical (unpaired) electrons. The molecule has 0 aromatic carbocycles. The van der Waals surface area contributed by atoms with Gasteiger partial charge in [0.1, 0.15) is 11.5 Å². The van der Waals surface area contributed by atoms with Crippen molar-refractivity contribution in [1.82, 2.24) is 5.32 Å². The van der Waals surface area contributed by atoms with Crippen molar-refractivity contribution < 1.29 is 9.52 Å². The average Bonchev–Trinajstić information content (AvgIpc) is 2.66. The van der Waals surface area contributed by atoms with Gasteiger partial charge in [-0.1, -0.05) is 0 Å². The molecule has 0 bridgehead atoms. The molecule has 0 aliphatic heterocycles. The third kappa shape index (κ3) is 5.86. The lowest BCUT2D eigenvalue weighted by Gasteiger charge is -2.22. The molecular weight excluding hydrogens is 254 g/mol. The summed E-state index contributed by atoms with van der Waals surface area (Å²) in [7, 11) is 0. The van der Waals surface area contributed by atoms with Crippen molar-refractivity contribution in [2.24, 2.45) is 0 Å². The summed E-state index contributed by atoms with van der Waals surface area (Å²) in [6.45, 7) is 3.09. The summed E-state index contributed by atoms with van der Waals surface area (Å²) in [5, 5.41) is 13.2. The molecule has 2 N–H and O–H groups in total. The Morgan fingerprint density at radius 2 is 2.00 bits per heavy atom. The van der Waals surface area contributed by atoms with Crippen LogP contribution in [0.1, 0.15) is 18.4 Å². The van der Waals surface area contributed by atoms with Gasteiger partial charge in [0.05, 0.1) is 17.9 Å². The highest BCUT2D eigenvalue weighted by molar-refractivity contribution is 7.98. The second-order valence-corrected chi connectivity index (χ2v) is 6.07. The summed E-state index contributed by atoms with van der Waals surface area (Å²) in [5.74, 6) is 3.57. The van der Waals surface area contributed by atoms with Gasteiger partial charge in [-0.25, -0.2) is 0 Å². The molecule has 0 aliphatic rings. The quantitative estimate of drug-likeness (QED) is 0.762. The standard InChI is InChI=1S/C12H21NO2S2/c1-12(14,9-17-3)8-13-6-10-4-5-11(15-10)7-16-2/h4-5,13-14H,6-9H2,1-3H3. The predicted molar refractivity (Wildman–Crippen MR) is 76.6 cm³/mol. The van der Waals surface area contributed by atoms with E-state index in [1.807, 2.05) is 25.3 Å². The second kappa shape index (κ2) is 7.36. The largest absolute Gasteiger partial charge is 0.464 e. The fourth-order valence-electron chi connectivity index (χ4n) is 1.55. The second-order valence-electron chi connectivity index (χ2n) is 4.33. The number of nitrogens with one attached hydrogen (secondary N) is 1. The smallest absolute Gasteiger partial charge is 0.118 e. The number of aliphatic hydroxyl groups is 1. The van der Waals surface area contributed by atoms with E-state index < -0.39 is 5.60 Å². The Morgan fingerprint density at radius 1 is 1.29 bits per heavy atom. The van der Waals surface area contributed by atoms with Gasteiger partial charge in [0.15, 0.2) is 0 Å². The Morgan fingerprint density at radius 3 is 2.65 bits per heavy atom. The van der Waals surface area contributed by atoms with E-state index in [1.54, 1.807) is 23.5 Å². The van der Waals surface area contributed by atoms with Crippen molar-refractivity contribution in [3.63, 3.8) is 0 Å². The minimum absolute atomic E-state index is 0.576. The van der Waals surface area contributed by atoms with Crippen molar-refractivity contribution in [2.75, 3.05) is 24.8 Å². The minimum atomic E-state index is -0.659. The molecule has 17 heavy (non-hydrogen) atoms. The van der Waals surface area contributed by atoms with Gasteiger partial charge in [0.25, 0.3) is 0 Å². The molecule has 0 saturated carbocycles. The van der Waals surface area contributed by atoms with E-state index in [1.165, 1.54) is 0 Å². The lowest BCUT2D eigenvalue weighted by molar-refractivity contribution is 0.0840. The van der Waals surface area contributed by atoms with Gasteiger partial charge in [-0.05, 0) is 31.6 Å². The van der Waals surface area contributed by atoms with Gasteiger partial charge >= 0.3 is 0 Å². The van der Waals surface area contributed by atoms with Gasteiger partial charge in [-0.15, -0.1) is 0 Å². The zero-order chi connectivity index (χ0) is 12.7. The highest BCUT2D eigenvalue weighted by Gasteiger charge is 2.18. The Hall–Kier alpha value is -0.100. The first-order chi connectivity index (χ1) is 8.07. The average molecular weight is 275 g/mol. The highest BCUT2D eigenvalue weighted by atomic mass is 32.2. The van der Waals surface area contributed by atoms with E-state index in [-0.39, 0.29) is 0 Å². The summed E-state index contributed by atoms with van der Waals surface area (Å²) in [6.07, 6.45) is 4.05. The van der Waals surface area contributed by atoms with Crippen LogP contribution in [0.4, 0.5) is 0 Å². The molecule has 0 saturated heterocycles. The molecule has 5 heteroatoms. The van der Waals surface area contributed by atoms with E-state index in [9.17, 15) is 5.11 Å². The first-order valence-electron chi connectivity index (χ1n) is 5.56. The van der Waals surface area contributed by atoms with Crippen LogP contribution in [0, 0.1) is 0 Å². The highest BCUT2D eigenvalue weighted by Crippen LogP contribution is 2.14. The topological polar surface area (TPSA) is 45.4 Å². The van der Waals surface area contributed by atoms with E-state index in [0.717, 1.165) is 23.0 Å². The fraction of sp³-hybridized carbons (Fsp3) is 0.667. The van der Waals surface area contributed by atoms with Crippen molar-refractivity contribution >= 4 is 23.5 Å². The number of furan rings is 1. The van der Waals surface area contributed by atoms with Crippen molar-refractivity contribution in [2.45, 2.75) is 24.8 Å². The molecule has 0 spiro atoms. The predicted octanol–water partition coefficient (Wildman–Crippen LogP) is 2.35. The van der Waals surface area contributed by atoms with E-state index >= 15 is 0 Å². The SMILES string of the molecule is CSCc1ccc(CNCC(C)(O)CSC)o1. The van der Waals surface area contributed by atoms with Gasteiger partial charge < -0.3 is 14.8 Å². The van der Waals surface area contributed by atoms with E-state index in [4.69, 9.17) is 4.42 Å². The first-order valence-corrected chi connectivity index (χ1v) is 8.35. The summed E-state index contributed by atoms with van der Waals surface area (Å²) in [5.41, 5.74) is -0.659. The number of rotatable bonds is 8. The number of hydrogen-bond acceptors (Lipinski definition) is 5. The molecule has 98 valence electrons. The molecule has 1 heterocycles. The van der Waals surface area contributed by atoms with Crippen LogP contribution in [-0.2, 0) is 12.3 Å². The van der Waals surface area contributed by atoms with Crippen LogP contribution in [0.5, 0.6) is 0 Å². The van der Waals surface area contributed by atoms with Crippen LogP contribution in [-0.4, -0.2) is 35.5 Å². The summed E-state index contributed by atoms with van der Waals surface area (Å²) in [6, 6.07) is 4.00. The summed E-state index contributed by atoms with van der Waals surface area (Å²) >= 11 is 3.40. The molecule has 1 unspecified atom stereocenters. The Kier molecular flexibility index (Phi) is 6.48. The lowest BCUT2D eigenvalue weighted by atomic mass is 10.1. The van der Waals surface area contributed by atoms with Crippen molar-refractivity contribution in [1.29, 1.82) is 0 Å². The molecule has 1 aromatic heterocycles. The zero-order valence-corrected chi connectivity index (χ0v) is 12.3. The van der Waals surface area contributed by atoms with E-state index in [2.05, 4.69) is 11.6 Å². The number of hydrogen-bond donors (Lipinski definition) is 2. The maximum absolute atomic E-state index is 9.96. The Balaban J connectivity index is 2.30. The van der Waals surface area contributed by atoms with Crippen LogP contribution in [0.15, 0.2) is 16.5 Å². The van der Waals surface area contributed by atoms with Crippen LogP contribution in [0.3, 0.4) is 0 Å². The Bertz CT molecular complexity index is 326. The molecule has 0 amide bonds. The molecule has 1 aromatic rings. The summed E-state index contributed by atoms with van der Waals surface area (Å²) < 4.78 is 5.63. The van der Waals surface area contributed by atoms with Gasteiger partial charge in [-0.3, -0.25) is 0 Å².